The standard InChI is InChI=1S/C16H23N5O3S/c1-3-21-15(18-19-16(21)22)13-5-4-8-20(10-13)14-7-6-12(9-17-14)11-25(2,23)24/h6-7,9,13H,3-5,8,10-11H2,1-2H3,(H,19,22). The monoisotopic (exact) mass is 365 g/mol. The summed E-state index contributed by atoms with van der Waals surface area (Å²) in [4.78, 5) is 18.4. The lowest BCUT2D eigenvalue weighted by molar-refractivity contribution is 0.469. The fourth-order valence-electron chi connectivity index (χ4n) is 3.33. The molecule has 0 amide bonds. The predicted molar refractivity (Wildman–Crippen MR) is 95.5 cm³/mol. The summed E-state index contributed by atoms with van der Waals surface area (Å²) in [5, 5.41) is 6.74. The molecule has 1 fully saturated rings. The summed E-state index contributed by atoms with van der Waals surface area (Å²) in [5.74, 6) is 1.79. The fourth-order valence-corrected chi connectivity index (χ4v) is 4.11. The van der Waals surface area contributed by atoms with Crippen molar-refractivity contribution in [2.75, 3.05) is 24.2 Å². The van der Waals surface area contributed by atoms with Gasteiger partial charge in [0.05, 0.1) is 5.75 Å². The highest BCUT2D eigenvalue weighted by Gasteiger charge is 2.26. The zero-order valence-corrected chi connectivity index (χ0v) is 15.3. The number of hydrogen-bond donors (Lipinski definition) is 1. The maximum atomic E-state index is 11.8. The first kappa shape index (κ1) is 17.7. The van der Waals surface area contributed by atoms with Crippen molar-refractivity contribution in [1.29, 1.82) is 0 Å². The molecule has 3 rings (SSSR count). The van der Waals surface area contributed by atoms with Crippen LogP contribution < -0.4 is 10.6 Å². The molecule has 1 N–H and O–H groups in total. The van der Waals surface area contributed by atoms with Crippen molar-refractivity contribution in [3.63, 3.8) is 0 Å². The highest BCUT2D eigenvalue weighted by molar-refractivity contribution is 7.89. The van der Waals surface area contributed by atoms with Crippen LogP contribution in [0.4, 0.5) is 5.82 Å². The Labute approximate surface area is 146 Å². The van der Waals surface area contributed by atoms with E-state index in [9.17, 15) is 13.2 Å². The maximum Gasteiger partial charge on any atom is 0.343 e. The molecular weight excluding hydrogens is 342 g/mol. The van der Waals surface area contributed by atoms with Gasteiger partial charge in [-0.1, -0.05) is 6.07 Å². The number of aromatic amines is 1. The summed E-state index contributed by atoms with van der Waals surface area (Å²) in [7, 11) is -3.06. The molecule has 2 aromatic rings. The number of piperidine rings is 1. The number of H-pyrrole nitrogens is 1. The van der Waals surface area contributed by atoms with E-state index in [2.05, 4.69) is 20.1 Å². The third-order valence-electron chi connectivity index (χ3n) is 4.45. The molecule has 0 aromatic carbocycles. The van der Waals surface area contributed by atoms with E-state index in [1.807, 2.05) is 19.1 Å². The summed E-state index contributed by atoms with van der Waals surface area (Å²) < 4.78 is 24.4. The van der Waals surface area contributed by atoms with Gasteiger partial charge in [-0.25, -0.2) is 23.3 Å². The molecule has 0 spiro atoms. The van der Waals surface area contributed by atoms with Crippen molar-refractivity contribution in [3.05, 3.63) is 40.2 Å². The topological polar surface area (TPSA) is 101 Å². The predicted octanol–water partition coefficient (Wildman–Crippen LogP) is 0.915. The zero-order valence-electron chi connectivity index (χ0n) is 14.5. The SMILES string of the molecule is CCn1c(C2CCCN(c3ccc(CS(C)(=O)=O)cn3)C2)n[nH]c1=O. The molecule has 0 radical (unpaired) electrons. The molecule has 9 heteroatoms. The fraction of sp³-hybridized carbons (Fsp3) is 0.562. The van der Waals surface area contributed by atoms with Gasteiger partial charge in [-0.3, -0.25) is 4.57 Å². The molecule has 136 valence electrons. The van der Waals surface area contributed by atoms with Crippen LogP contribution in [-0.2, 0) is 22.1 Å². The quantitative estimate of drug-likeness (QED) is 0.845. The smallest absolute Gasteiger partial charge is 0.343 e. The minimum Gasteiger partial charge on any atom is -0.356 e. The van der Waals surface area contributed by atoms with Gasteiger partial charge in [-0.05, 0) is 31.4 Å². The molecule has 1 aliphatic rings. The minimum absolute atomic E-state index is 0.00104. The van der Waals surface area contributed by atoms with Crippen LogP contribution >= 0.6 is 0 Å². The van der Waals surface area contributed by atoms with E-state index in [0.717, 1.165) is 37.6 Å². The largest absolute Gasteiger partial charge is 0.356 e. The van der Waals surface area contributed by atoms with Gasteiger partial charge < -0.3 is 4.90 Å². The number of aromatic nitrogens is 4. The number of rotatable bonds is 5. The third-order valence-corrected chi connectivity index (χ3v) is 5.31. The first-order chi connectivity index (χ1) is 11.9. The van der Waals surface area contributed by atoms with Gasteiger partial charge >= 0.3 is 5.69 Å². The zero-order chi connectivity index (χ0) is 18.0. The van der Waals surface area contributed by atoms with Crippen LogP contribution in [0, 0.1) is 0 Å². The summed E-state index contributed by atoms with van der Waals surface area (Å²) in [6.45, 7) is 4.15. The second-order valence-electron chi connectivity index (χ2n) is 6.51. The Kier molecular flexibility index (Phi) is 4.94. The Morgan fingerprint density at radius 3 is 2.80 bits per heavy atom. The van der Waals surface area contributed by atoms with Gasteiger partial charge in [0.2, 0.25) is 0 Å². The first-order valence-electron chi connectivity index (χ1n) is 8.40. The van der Waals surface area contributed by atoms with Crippen LogP contribution in [0.15, 0.2) is 23.1 Å². The molecule has 0 bridgehead atoms. The van der Waals surface area contributed by atoms with Crippen LogP contribution in [-0.4, -0.2) is 47.5 Å². The van der Waals surface area contributed by atoms with E-state index in [1.165, 1.54) is 6.26 Å². The second kappa shape index (κ2) is 6.99. The van der Waals surface area contributed by atoms with Crippen molar-refractivity contribution in [2.45, 2.75) is 38.0 Å². The van der Waals surface area contributed by atoms with Crippen LogP contribution in [0.25, 0.3) is 0 Å². The van der Waals surface area contributed by atoms with Gasteiger partial charge in [0.15, 0.2) is 9.84 Å². The highest BCUT2D eigenvalue weighted by Crippen LogP contribution is 2.27. The minimum atomic E-state index is -3.06. The molecule has 3 heterocycles. The number of anilines is 1. The first-order valence-corrected chi connectivity index (χ1v) is 10.5. The van der Waals surface area contributed by atoms with E-state index in [0.29, 0.717) is 12.1 Å². The lowest BCUT2D eigenvalue weighted by Crippen LogP contribution is -2.36. The second-order valence-corrected chi connectivity index (χ2v) is 8.65. The van der Waals surface area contributed by atoms with Crippen molar-refractivity contribution < 1.29 is 8.42 Å². The molecule has 25 heavy (non-hydrogen) atoms. The van der Waals surface area contributed by atoms with Crippen molar-refractivity contribution in [3.8, 4) is 0 Å². The number of nitrogens with zero attached hydrogens (tertiary/aromatic N) is 4. The van der Waals surface area contributed by atoms with Gasteiger partial charge in [0.1, 0.15) is 11.6 Å². The Balaban J connectivity index is 1.76. The summed E-state index contributed by atoms with van der Waals surface area (Å²) in [6.07, 6.45) is 4.80. The van der Waals surface area contributed by atoms with Crippen LogP contribution in [0.2, 0.25) is 0 Å². The Morgan fingerprint density at radius 1 is 1.36 bits per heavy atom. The molecule has 2 aromatic heterocycles. The van der Waals surface area contributed by atoms with E-state index in [1.54, 1.807) is 10.8 Å². The average molecular weight is 365 g/mol. The Hall–Kier alpha value is -2.16. The van der Waals surface area contributed by atoms with Gasteiger partial charge in [-0.2, -0.15) is 5.10 Å². The molecule has 1 unspecified atom stereocenters. The molecule has 1 saturated heterocycles. The van der Waals surface area contributed by atoms with Crippen LogP contribution in [0.3, 0.4) is 0 Å². The highest BCUT2D eigenvalue weighted by atomic mass is 32.2. The third kappa shape index (κ3) is 4.09. The van der Waals surface area contributed by atoms with Gasteiger partial charge in [0, 0.05) is 38.0 Å². The van der Waals surface area contributed by atoms with Crippen molar-refractivity contribution >= 4 is 15.7 Å². The van der Waals surface area contributed by atoms with E-state index < -0.39 is 9.84 Å². The Morgan fingerprint density at radius 2 is 2.16 bits per heavy atom. The molecule has 1 atom stereocenters. The summed E-state index contributed by atoms with van der Waals surface area (Å²) >= 11 is 0. The van der Waals surface area contributed by atoms with E-state index >= 15 is 0 Å². The summed E-state index contributed by atoms with van der Waals surface area (Å²) in [5.41, 5.74) is 0.518. The molecular formula is C16H23N5O3S. The van der Waals surface area contributed by atoms with Crippen molar-refractivity contribution in [2.24, 2.45) is 0 Å². The van der Waals surface area contributed by atoms with Gasteiger partial charge in [-0.15, -0.1) is 0 Å². The lowest BCUT2D eigenvalue weighted by Gasteiger charge is -2.33. The van der Waals surface area contributed by atoms with E-state index in [-0.39, 0.29) is 17.4 Å². The molecule has 0 saturated carbocycles. The maximum absolute atomic E-state index is 11.8. The Bertz CT molecular complexity index is 885. The number of hydrogen-bond acceptors (Lipinski definition) is 6. The van der Waals surface area contributed by atoms with Crippen molar-refractivity contribution in [1.82, 2.24) is 19.7 Å². The lowest BCUT2D eigenvalue weighted by atomic mass is 9.97. The van der Waals surface area contributed by atoms with E-state index in [4.69, 9.17) is 0 Å². The molecule has 0 aliphatic carbocycles. The number of sulfone groups is 1. The number of pyridine rings is 1. The van der Waals surface area contributed by atoms with Gasteiger partial charge in [0.25, 0.3) is 0 Å². The molecule has 8 nitrogen and oxygen atoms in total. The normalized spacial score (nSPS) is 18.5. The number of nitrogens with one attached hydrogen (secondary N) is 1. The average Bonchev–Trinajstić information content (AvgIpc) is 2.95. The molecule has 1 aliphatic heterocycles. The van der Waals surface area contributed by atoms with Crippen LogP contribution in [0.5, 0.6) is 0 Å². The van der Waals surface area contributed by atoms with Crippen LogP contribution in [0.1, 0.15) is 37.1 Å². The summed E-state index contributed by atoms with van der Waals surface area (Å²) in [6, 6.07) is 3.67.